The fraction of sp³-hybridized carbons (Fsp3) is 0.385. The number of methoxy groups -OCH3 is 2. The van der Waals surface area contributed by atoms with Crippen molar-refractivity contribution in [2.75, 3.05) is 34.4 Å². The highest BCUT2D eigenvalue weighted by Gasteiger charge is 2.29. The summed E-state index contributed by atoms with van der Waals surface area (Å²) in [5.41, 5.74) is 2.13. The van der Waals surface area contributed by atoms with Crippen LogP contribution in [0.3, 0.4) is 0 Å². The van der Waals surface area contributed by atoms with Crippen LogP contribution in [0.25, 0.3) is 10.9 Å². The lowest BCUT2D eigenvalue weighted by Gasteiger charge is -2.28. The standard InChI is InChI=1S/C26H31N3O6S/c1-5-28-16-22(26(31)27(2)17-24(34-3)35-4)25(30)21-14-20(10-11-23(21)28)36(32,33)29-13-12-18-8-6-7-9-19(18)15-29/h6-11,14,16,24H,5,12-13,15,17H2,1-4H3. The van der Waals surface area contributed by atoms with Gasteiger partial charge in [-0.25, -0.2) is 8.42 Å². The minimum Gasteiger partial charge on any atom is -0.354 e. The van der Waals surface area contributed by atoms with Gasteiger partial charge in [-0.3, -0.25) is 9.59 Å². The lowest BCUT2D eigenvalue weighted by molar-refractivity contribution is -0.110. The maximum absolute atomic E-state index is 13.5. The largest absolute Gasteiger partial charge is 0.354 e. The van der Waals surface area contributed by atoms with Gasteiger partial charge in [-0.15, -0.1) is 0 Å². The van der Waals surface area contributed by atoms with Crippen LogP contribution in [0.2, 0.25) is 0 Å². The molecule has 2 aromatic carbocycles. The monoisotopic (exact) mass is 513 g/mol. The molecule has 192 valence electrons. The van der Waals surface area contributed by atoms with E-state index in [0.29, 0.717) is 25.0 Å². The van der Waals surface area contributed by atoms with Gasteiger partial charge in [0.25, 0.3) is 5.91 Å². The van der Waals surface area contributed by atoms with Gasteiger partial charge in [-0.05, 0) is 42.7 Å². The Bertz CT molecular complexity index is 1450. The van der Waals surface area contributed by atoms with E-state index < -0.39 is 27.6 Å². The minimum atomic E-state index is -3.85. The smallest absolute Gasteiger partial charge is 0.259 e. The van der Waals surface area contributed by atoms with Gasteiger partial charge in [0.2, 0.25) is 15.5 Å². The van der Waals surface area contributed by atoms with Crippen LogP contribution in [0.1, 0.15) is 28.4 Å². The first kappa shape index (κ1) is 26.0. The molecule has 1 aliphatic heterocycles. The van der Waals surface area contributed by atoms with Crippen LogP contribution >= 0.6 is 0 Å². The Kier molecular flexibility index (Phi) is 7.60. The van der Waals surface area contributed by atoms with Crippen LogP contribution in [0.5, 0.6) is 0 Å². The highest BCUT2D eigenvalue weighted by Crippen LogP contribution is 2.26. The number of sulfonamides is 1. The second-order valence-electron chi connectivity index (χ2n) is 8.78. The Morgan fingerprint density at radius 2 is 1.81 bits per heavy atom. The molecule has 0 saturated heterocycles. The van der Waals surface area contributed by atoms with Gasteiger partial charge < -0.3 is 18.9 Å². The molecule has 1 amide bonds. The van der Waals surface area contributed by atoms with Crippen LogP contribution in [0, 0.1) is 0 Å². The predicted octanol–water partition coefficient (Wildman–Crippen LogP) is 2.46. The number of hydrogen-bond acceptors (Lipinski definition) is 6. The molecule has 0 atom stereocenters. The van der Waals surface area contributed by atoms with Crippen LogP contribution in [0.15, 0.2) is 58.4 Å². The fourth-order valence-electron chi connectivity index (χ4n) is 4.53. The average molecular weight is 514 g/mol. The zero-order chi connectivity index (χ0) is 26.0. The van der Waals surface area contributed by atoms with Crippen molar-refractivity contribution in [2.45, 2.75) is 37.6 Å². The number of rotatable bonds is 8. The van der Waals surface area contributed by atoms with E-state index in [1.807, 2.05) is 31.2 Å². The molecule has 36 heavy (non-hydrogen) atoms. The summed E-state index contributed by atoms with van der Waals surface area (Å²) < 4.78 is 40.6. The zero-order valence-electron chi connectivity index (χ0n) is 20.9. The van der Waals surface area contributed by atoms with E-state index in [0.717, 1.165) is 11.1 Å². The molecule has 0 radical (unpaired) electrons. The number of benzene rings is 2. The highest BCUT2D eigenvalue weighted by atomic mass is 32.2. The summed E-state index contributed by atoms with van der Waals surface area (Å²) in [6.07, 6.45) is 1.51. The number of amides is 1. The number of aryl methyl sites for hydroxylation is 1. The van der Waals surface area contributed by atoms with E-state index in [1.165, 1.54) is 41.8 Å². The van der Waals surface area contributed by atoms with E-state index in [2.05, 4.69) is 0 Å². The molecule has 3 aromatic rings. The number of aromatic nitrogens is 1. The summed E-state index contributed by atoms with van der Waals surface area (Å²) in [7, 11) is 0.646. The molecule has 0 N–H and O–H groups in total. The van der Waals surface area contributed by atoms with E-state index in [9.17, 15) is 18.0 Å². The van der Waals surface area contributed by atoms with Crippen LogP contribution in [-0.4, -0.2) is 68.7 Å². The van der Waals surface area contributed by atoms with Crippen molar-refractivity contribution in [1.82, 2.24) is 13.8 Å². The molecule has 0 bridgehead atoms. The average Bonchev–Trinajstić information content (AvgIpc) is 2.90. The van der Waals surface area contributed by atoms with Gasteiger partial charge in [0.15, 0.2) is 6.29 Å². The lowest BCUT2D eigenvalue weighted by Crippen LogP contribution is -2.38. The van der Waals surface area contributed by atoms with Crippen molar-refractivity contribution in [2.24, 2.45) is 0 Å². The molecular formula is C26H31N3O6S. The summed E-state index contributed by atoms with van der Waals surface area (Å²) in [6, 6.07) is 12.3. The number of nitrogens with zero attached hydrogens (tertiary/aromatic N) is 3. The van der Waals surface area contributed by atoms with Gasteiger partial charge in [-0.1, -0.05) is 24.3 Å². The van der Waals surface area contributed by atoms with Crippen molar-refractivity contribution in [1.29, 1.82) is 0 Å². The van der Waals surface area contributed by atoms with Crippen molar-refractivity contribution in [3.63, 3.8) is 0 Å². The van der Waals surface area contributed by atoms with E-state index >= 15 is 0 Å². The Morgan fingerprint density at radius 3 is 2.47 bits per heavy atom. The molecule has 2 heterocycles. The normalized spacial score (nSPS) is 14.2. The van der Waals surface area contributed by atoms with Gasteiger partial charge in [-0.2, -0.15) is 4.31 Å². The summed E-state index contributed by atoms with van der Waals surface area (Å²) in [5.74, 6) is -0.496. The number of hydrogen-bond donors (Lipinski definition) is 0. The van der Waals surface area contributed by atoms with Gasteiger partial charge in [0.05, 0.1) is 17.0 Å². The number of carbonyl (C=O) groups excluding carboxylic acids is 1. The molecule has 1 aromatic heterocycles. The third-order valence-corrected chi connectivity index (χ3v) is 8.49. The molecule has 0 saturated carbocycles. The number of ether oxygens (including phenoxy) is 2. The van der Waals surface area contributed by atoms with Crippen LogP contribution < -0.4 is 5.43 Å². The van der Waals surface area contributed by atoms with Crippen molar-refractivity contribution in [3.8, 4) is 0 Å². The summed E-state index contributed by atoms with van der Waals surface area (Å²) in [5, 5.41) is 0.185. The minimum absolute atomic E-state index is 0.0333. The van der Waals surface area contributed by atoms with Gasteiger partial charge in [0.1, 0.15) is 5.56 Å². The zero-order valence-corrected chi connectivity index (χ0v) is 21.7. The van der Waals surface area contributed by atoms with Crippen LogP contribution in [-0.2, 0) is 39.0 Å². The first-order chi connectivity index (χ1) is 17.2. The van der Waals surface area contributed by atoms with Crippen molar-refractivity contribution >= 4 is 26.8 Å². The molecular weight excluding hydrogens is 482 g/mol. The number of likely N-dealkylation sites (N-methyl/N-ethyl adjacent to an activating group) is 1. The number of carbonyl (C=O) groups is 1. The van der Waals surface area contributed by atoms with E-state index in [-0.39, 0.29) is 28.9 Å². The second kappa shape index (κ2) is 10.5. The molecule has 0 spiro atoms. The first-order valence-electron chi connectivity index (χ1n) is 11.8. The molecule has 10 heteroatoms. The van der Waals surface area contributed by atoms with E-state index in [4.69, 9.17) is 9.47 Å². The summed E-state index contributed by atoms with van der Waals surface area (Å²) in [4.78, 5) is 28.0. The highest BCUT2D eigenvalue weighted by molar-refractivity contribution is 7.89. The van der Waals surface area contributed by atoms with Crippen molar-refractivity contribution < 1.29 is 22.7 Å². The number of fused-ring (bicyclic) bond motifs is 2. The Morgan fingerprint density at radius 1 is 1.11 bits per heavy atom. The molecule has 0 unspecified atom stereocenters. The predicted molar refractivity (Wildman–Crippen MR) is 136 cm³/mol. The third kappa shape index (κ3) is 4.81. The Hall–Kier alpha value is -3.05. The summed E-state index contributed by atoms with van der Waals surface area (Å²) >= 11 is 0. The van der Waals surface area contributed by atoms with Gasteiger partial charge >= 0.3 is 0 Å². The Balaban J connectivity index is 1.74. The maximum atomic E-state index is 13.5. The molecule has 9 nitrogen and oxygen atoms in total. The molecule has 0 fully saturated rings. The summed E-state index contributed by atoms with van der Waals surface area (Å²) in [6.45, 7) is 3.15. The lowest BCUT2D eigenvalue weighted by atomic mass is 10.0. The maximum Gasteiger partial charge on any atom is 0.259 e. The second-order valence-corrected chi connectivity index (χ2v) is 10.7. The molecule has 1 aliphatic rings. The van der Waals surface area contributed by atoms with E-state index in [1.54, 1.807) is 17.7 Å². The topological polar surface area (TPSA) is 98.1 Å². The number of pyridine rings is 1. The quantitative estimate of drug-likeness (QED) is 0.429. The first-order valence-corrected chi connectivity index (χ1v) is 13.2. The van der Waals surface area contributed by atoms with Crippen molar-refractivity contribution in [3.05, 3.63) is 75.6 Å². The molecule has 0 aliphatic carbocycles. The third-order valence-electron chi connectivity index (χ3n) is 6.65. The SMILES string of the molecule is CCn1cc(C(=O)N(C)CC(OC)OC)c(=O)c2cc(S(=O)(=O)N3CCc4ccccc4C3)ccc21. The van der Waals surface area contributed by atoms with Crippen LogP contribution in [0.4, 0.5) is 0 Å². The fourth-order valence-corrected chi connectivity index (χ4v) is 5.98. The van der Waals surface area contributed by atoms with Gasteiger partial charge in [0, 0.05) is 52.5 Å². The molecule has 4 rings (SSSR count). The Labute approximate surface area is 210 Å².